The number of halogens is 4. The Balaban J connectivity index is 1.92. The average molecular weight is 428 g/mol. The Bertz CT molecular complexity index is 1260. The summed E-state index contributed by atoms with van der Waals surface area (Å²) in [5.74, 6) is 0.207. The van der Waals surface area contributed by atoms with E-state index in [1.54, 1.807) is 31.6 Å². The number of nitrogens with zero attached hydrogens (tertiary/aromatic N) is 3. The van der Waals surface area contributed by atoms with Crippen molar-refractivity contribution in [3.63, 3.8) is 0 Å². The van der Waals surface area contributed by atoms with E-state index in [2.05, 4.69) is 20.3 Å². The van der Waals surface area contributed by atoms with Crippen LogP contribution in [0.1, 0.15) is 5.56 Å². The first-order valence-corrected chi connectivity index (χ1v) is 9.17. The molecule has 0 aliphatic carbocycles. The lowest BCUT2D eigenvalue weighted by molar-refractivity contribution is -0.137. The maximum atomic E-state index is 14.6. The highest BCUT2D eigenvalue weighted by atomic mass is 19.4. The molecule has 0 fully saturated rings. The molecule has 9 heteroatoms. The summed E-state index contributed by atoms with van der Waals surface area (Å²) in [6.07, 6.45) is -1.37. The zero-order chi connectivity index (χ0) is 22.2. The maximum Gasteiger partial charge on any atom is 0.416 e. The number of hydrogen-bond donors (Lipinski definition) is 1. The molecule has 2 heterocycles. The molecule has 5 nitrogen and oxygen atoms in total. The minimum absolute atomic E-state index is 0.00610. The quantitative estimate of drug-likeness (QED) is 0.431. The van der Waals surface area contributed by atoms with E-state index in [4.69, 9.17) is 4.74 Å². The first-order chi connectivity index (χ1) is 14.8. The number of fused-ring (bicyclic) bond motifs is 1. The van der Waals surface area contributed by atoms with E-state index >= 15 is 0 Å². The summed E-state index contributed by atoms with van der Waals surface area (Å²) in [6, 6.07) is 9.14. The van der Waals surface area contributed by atoms with Crippen LogP contribution in [-0.2, 0) is 6.18 Å². The number of methoxy groups -OCH3 is 1. The summed E-state index contributed by atoms with van der Waals surface area (Å²) in [7, 11) is 3.11. The average Bonchev–Trinajstić information content (AvgIpc) is 2.77. The molecule has 0 saturated carbocycles. The number of ether oxygens (including phenoxy) is 1. The van der Waals surface area contributed by atoms with Crippen LogP contribution in [0.25, 0.3) is 33.4 Å². The Hall–Kier alpha value is -3.75. The van der Waals surface area contributed by atoms with Gasteiger partial charge in [-0.15, -0.1) is 0 Å². The van der Waals surface area contributed by atoms with Crippen molar-refractivity contribution < 1.29 is 22.3 Å². The third-order valence-corrected chi connectivity index (χ3v) is 4.75. The topological polar surface area (TPSA) is 59.9 Å². The summed E-state index contributed by atoms with van der Waals surface area (Å²) in [5, 5.41) is 3.52. The van der Waals surface area contributed by atoms with E-state index in [1.165, 1.54) is 13.2 Å². The number of rotatable bonds is 4. The fraction of sp³-hybridized carbons (Fsp3) is 0.136. The van der Waals surface area contributed by atoms with Crippen molar-refractivity contribution in [2.45, 2.75) is 6.18 Å². The first-order valence-electron chi connectivity index (χ1n) is 9.17. The SMILES string of the molecule is CNc1nc(-c2cccnc2)nc2c(OC)cc(-c3ccc(C(F)(F)F)cc3F)cc12. The Labute approximate surface area is 174 Å². The van der Waals surface area contributed by atoms with Gasteiger partial charge in [0.05, 0.1) is 12.7 Å². The largest absolute Gasteiger partial charge is 0.494 e. The molecule has 2 aromatic carbocycles. The van der Waals surface area contributed by atoms with Gasteiger partial charge in [0.25, 0.3) is 0 Å². The molecule has 0 aliphatic heterocycles. The molecule has 0 atom stereocenters. The monoisotopic (exact) mass is 428 g/mol. The lowest BCUT2D eigenvalue weighted by atomic mass is 10.0. The van der Waals surface area contributed by atoms with Gasteiger partial charge in [0.2, 0.25) is 0 Å². The predicted octanol–water partition coefficient (Wildman–Crippen LogP) is 5.57. The molecule has 0 amide bonds. The van der Waals surface area contributed by atoms with Gasteiger partial charge in [0.15, 0.2) is 5.82 Å². The van der Waals surface area contributed by atoms with Gasteiger partial charge in [-0.25, -0.2) is 14.4 Å². The summed E-state index contributed by atoms with van der Waals surface area (Å²) in [5.41, 5.74) is 0.454. The molecule has 0 unspecified atom stereocenters. The molecular weight excluding hydrogens is 412 g/mol. The standard InChI is InChI=1S/C22H16F4N4O/c1-27-21-16-8-13(15-6-5-14(10-17(15)23)22(24,25)26)9-18(31-2)19(16)29-20(30-21)12-4-3-7-28-11-12/h3-11H,1-2H3,(H,27,29,30). The highest BCUT2D eigenvalue weighted by Gasteiger charge is 2.31. The number of benzene rings is 2. The number of pyridine rings is 1. The highest BCUT2D eigenvalue weighted by molar-refractivity contribution is 5.97. The van der Waals surface area contributed by atoms with Gasteiger partial charge in [-0.1, -0.05) is 6.07 Å². The molecule has 0 aliphatic rings. The van der Waals surface area contributed by atoms with Crippen molar-refractivity contribution in [2.24, 2.45) is 0 Å². The molecule has 0 spiro atoms. The molecule has 1 N–H and O–H groups in total. The van der Waals surface area contributed by atoms with Gasteiger partial charge in [0.1, 0.15) is 22.9 Å². The van der Waals surface area contributed by atoms with Crippen LogP contribution in [0.4, 0.5) is 23.4 Å². The summed E-state index contributed by atoms with van der Waals surface area (Å²) in [6.45, 7) is 0. The van der Waals surface area contributed by atoms with E-state index in [9.17, 15) is 17.6 Å². The third-order valence-electron chi connectivity index (χ3n) is 4.75. The van der Waals surface area contributed by atoms with Crippen molar-refractivity contribution >= 4 is 16.7 Å². The molecule has 0 bridgehead atoms. The van der Waals surface area contributed by atoms with Crippen molar-refractivity contribution in [1.29, 1.82) is 0 Å². The van der Waals surface area contributed by atoms with Crippen molar-refractivity contribution in [1.82, 2.24) is 15.0 Å². The Kier molecular flexibility index (Phi) is 5.18. The van der Waals surface area contributed by atoms with Crippen molar-refractivity contribution in [3.05, 3.63) is 66.2 Å². The minimum atomic E-state index is -4.63. The van der Waals surface area contributed by atoms with E-state index in [0.29, 0.717) is 45.5 Å². The lowest BCUT2D eigenvalue weighted by Gasteiger charge is -2.14. The molecule has 31 heavy (non-hydrogen) atoms. The zero-order valence-corrected chi connectivity index (χ0v) is 16.5. The highest BCUT2D eigenvalue weighted by Crippen LogP contribution is 2.38. The molecule has 0 saturated heterocycles. The van der Waals surface area contributed by atoms with Crippen LogP contribution in [0.2, 0.25) is 0 Å². The normalized spacial score (nSPS) is 11.5. The van der Waals surface area contributed by atoms with Gasteiger partial charge >= 0.3 is 6.18 Å². The molecule has 4 aromatic rings. The second-order valence-corrected chi connectivity index (χ2v) is 6.65. The number of aromatic nitrogens is 3. The Morgan fingerprint density at radius 1 is 1.00 bits per heavy atom. The summed E-state index contributed by atoms with van der Waals surface area (Å²) >= 11 is 0. The third kappa shape index (κ3) is 3.86. The van der Waals surface area contributed by atoms with E-state index in [0.717, 1.165) is 12.1 Å². The predicted molar refractivity (Wildman–Crippen MR) is 109 cm³/mol. The fourth-order valence-corrected chi connectivity index (χ4v) is 3.25. The molecular formula is C22H16F4N4O. The van der Waals surface area contributed by atoms with Gasteiger partial charge < -0.3 is 10.1 Å². The van der Waals surface area contributed by atoms with Crippen LogP contribution in [0.15, 0.2) is 54.9 Å². The summed E-state index contributed by atoms with van der Waals surface area (Å²) < 4.78 is 58.7. The van der Waals surface area contributed by atoms with Gasteiger partial charge in [-0.2, -0.15) is 13.2 Å². The second kappa shape index (κ2) is 7.82. The first kappa shape index (κ1) is 20.5. The van der Waals surface area contributed by atoms with Crippen LogP contribution in [0, 0.1) is 5.82 Å². The van der Waals surface area contributed by atoms with E-state index < -0.39 is 17.6 Å². The minimum Gasteiger partial charge on any atom is -0.494 e. The molecule has 4 rings (SSSR count). The zero-order valence-electron chi connectivity index (χ0n) is 16.5. The molecule has 158 valence electrons. The fourth-order valence-electron chi connectivity index (χ4n) is 3.25. The van der Waals surface area contributed by atoms with Gasteiger partial charge in [-0.3, -0.25) is 4.98 Å². The lowest BCUT2D eigenvalue weighted by Crippen LogP contribution is -2.05. The maximum absolute atomic E-state index is 14.6. The Morgan fingerprint density at radius 3 is 2.42 bits per heavy atom. The number of alkyl halides is 3. The second-order valence-electron chi connectivity index (χ2n) is 6.65. The Morgan fingerprint density at radius 2 is 1.81 bits per heavy atom. The number of nitrogens with one attached hydrogen (secondary N) is 1. The van der Waals surface area contributed by atoms with Crippen LogP contribution in [-0.4, -0.2) is 29.1 Å². The van der Waals surface area contributed by atoms with Crippen molar-refractivity contribution in [3.8, 4) is 28.3 Å². The number of hydrogen-bond acceptors (Lipinski definition) is 5. The van der Waals surface area contributed by atoms with E-state index in [-0.39, 0.29) is 5.56 Å². The van der Waals surface area contributed by atoms with Gasteiger partial charge in [0, 0.05) is 36.0 Å². The number of anilines is 1. The smallest absolute Gasteiger partial charge is 0.416 e. The van der Waals surface area contributed by atoms with E-state index in [1.807, 2.05) is 6.07 Å². The van der Waals surface area contributed by atoms with Crippen LogP contribution >= 0.6 is 0 Å². The van der Waals surface area contributed by atoms with Crippen molar-refractivity contribution in [2.75, 3.05) is 19.5 Å². The summed E-state index contributed by atoms with van der Waals surface area (Å²) in [4.78, 5) is 13.2. The van der Waals surface area contributed by atoms with Crippen LogP contribution in [0.3, 0.4) is 0 Å². The van der Waals surface area contributed by atoms with Crippen LogP contribution in [0.5, 0.6) is 5.75 Å². The molecule has 2 aromatic heterocycles. The van der Waals surface area contributed by atoms with Gasteiger partial charge in [-0.05, 0) is 42.0 Å². The molecule has 0 radical (unpaired) electrons. The van der Waals surface area contributed by atoms with Crippen LogP contribution < -0.4 is 10.1 Å².